The van der Waals surface area contributed by atoms with Crippen LogP contribution in [0.5, 0.6) is 0 Å². The Morgan fingerprint density at radius 2 is 1.69 bits per heavy atom. The molecular weight excluding hydrogens is 646 g/mol. The fourth-order valence-corrected chi connectivity index (χ4v) is 6.46. The molecule has 51 heavy (non-hydrogen) atoms. The summed E-state index contributed by atoms with van der Waals surface area (Å²) in [6, 6.07) is 12.9. The van der Waals surface area contributed by atoms with Gasteiger partial charge in [-0.3, -0.25) is 34.2 Å². The first-order valence-electron chi connectivity index (χ1n) is 18.3. The Morgan fingerprint density at radius 1 is 0.961 bits per heavy atom. The third kappa shape index (κ3) is 10.7. The Hall–Kier alpha value is -4.55. The number of aromatic nitrogens is 1. The van der Waals surface area contributed by atoms with Crippen molar-refractivity contribution in [3.63, 3.8) is 0 Å². The Balaban J connectivity index is 1.70. The van der Waals surface area contributed by atoms with Gasteiger partial charge in [0, 0.05) is 36.5 Å². The van der Waals surface area contributed by atoms with Crippen molar-refractivity contribution >= 4 is 40.4 Å². The van der Waals surface area contributed by atoms with Crippen molar-refractivity contribution < 1.29 is 24.0 Å². The number of hydrogen-bond acceptors (Lipinski definition) is 7. The molecule has 1 saturated heterocycles. The van der Waals surface area contributed by atoms with Gasteiger partial charge in [0.15, 0.2) is 0 Å². The zero-order valence-electron chi connectivity index (χ0n) is 30.4. The Bertz CT molecular complexity index is 1620. The van der Waals surface area contributed by atoms with E-state index in [0.717, 1.165) is 33.4 Å². The zero-order valence-corrected chi connectivity index (χ0v) is 30.4. The van der Waals surface area contributed by atoms with Gasteiger partial charge in [0.1, 0.15) is 18.1 Å². The largest absolute Gasteiger partial charge is 0.361 e. The SMILES string of the molecule is CC[C@H](C)[C@@H]1NCC(=O)N([C@@H](CCCCN)C(=O)N[C@@H](Cc2c[nH]c3ccccc23)C(=O)NCCC(C)C)C(=O)[C@H](Cc2ccccc2)NC1=O. The smallest absolute Gasteiger partial charge is 0.252 e. The normalized spacial score (nSPS) is 18.8. The second-order valence-corrected chi connectivity index (χ2v) is 14.0. The summed E-state index contributed by atoms with van der Waals surface area (Å²) < 4.78 is 0. The molecule has 1 aliphatic heterocycles. The molecule has 1 fully saturated rings. The lowest BCUT2D eigenvalue weighted by Gasteiger charge is -2.33. The van der Waals surface area contributed by atoms with E-state index in [0.29, 0.717) is 38.3 Å². The molecule has 276 valence electrons. The van der Waals surface area contributed by atoms with E-state index in [9.17, 15) is 24.0 Å². The first kappa shape index (κ1) is 39.2. The molecule has 5 atom stereocenters. The molecule has 1 aromatic heterocycles. The summed E-state index contributed by atoms with van der Waals surface area (Å²) in [6.07, 6.45) is 4.72. The molecule has 12 heteroatoms. The van der Waals surface area contributed by atoms with Crippen LogP contribution < -0.4 is 27.0 Å². The van der Waals surface area contributed by atoms with Crippen LogP contribution in [0.3, 0.4) is 0 Å². The van der Waals surface area contributed by atoms with Crippen LogP contribution in [0.2, 0.25) is 0 Å². The molecule has 2 heterocycles. The van der Waals surface area contributed by atoms with E-state index < -0.39 is 41.9 Å². The number of unbranched alkanes of at least 4 members (excludes halogenated alkanes) is 1. The highest BCUT2D eigenvalue weighted by Gasteiger charge is 2.42. The number of imide groups is 1. The summed E-state index contributed by atoms with van der Waals surface area (Å²) in [7, 11) is 0. The number of H-pyrrole nitrogens is 1. The molecule has 12 nitrogen and oxygen atoms in total. The fraction of sp³-hybridized carbons (Fsp3) is 0.513. The van der Waals surface area contributed by atoms with E-state index in [4.69, 9.17) is 5.73 Å². The summed E-state index contributed by atoms with van der Waals surface area (Å²) in [6.45, 7) is 8.48. The van der Waals surface area contributed by atoms with Crippen molar-refractivity contribution in [1.29, 1.82) is 0 Å². The average molecular weight is 702 g/mol. The number of para-hydroxylation sites is 1. The van der Waals surface area contributed by atoms with Gasteiger partial charge in [0.25, 0.3) is 5.91 Å². The molecule has 0 saturated carbocycles. The molecule has 0 unspecified atom stereocenters. The van der Waals surface area contributed by atoms with E-state index in [1.807, 2.05) is 74.6 Å². The number of nitrogens with zero attached hydrogens (tertiary/aromatic N) is 1. The average Bonchev–Trinajstić information content (AvgIpc) is 3.53. The molecule has 0 aliphatic carbocycles. The molecule has 7 N–H and O–H groups in total. The number of fused-ring (bicyclic) bond motifs is 1. The third-order valence-corrected chi connectivity index (χ3v) is 9.67. The Morgan fingerprint density at radius 3 is 2.39 bits per heavy atom. The molecule has 1 aliphatic rings. The number of hydrogen-bond donors (Lipinski definition) is 6. The summed E-state index contributed by atoms with van der Waals surface area (Å²) >= 11 is 0. The predicted molar refractivity (Wildman–Crippen MR) is 198 cm³/mol. The van der Waals surface area contributed by atoms with E-state index >= 15 is 0 Å². The minimum atomic E-state index is -1.25. The molecule has 0 spiro atoms. The lowest BCUT2D eigenvalue weighted by atomic mass is 9.97. The maximum Gasteiger partial charge on any atom is 0.252 e. The molecule has 4 rings (SSSR count). The van der Waals surface area contributed by atoms with E-state index in [2.05, 4.69) is 40.1 Å². The molecule has 3 aromatic rings. The zero-order chi connectivity index (χ0) is 36.9. The van der Waals surface area contributed by atoms with E-state index in [1.165, 1.54) is 0 Å². The van der Waals surface area contributed by atoms with E-state index in [1.54, 1.807) is 0 Å². The number of amides is 5. The van der Waals surface area contributed by atoms with Crippen molar-refractivity contribution in [2.45, 2.75) is 96.8 Å². The van der Waals surface area contributed by atoms with Gasteiger partial charge in [-0.1, -0.05) is 82.6 Å². The minimum absolute atomic E-state index is 0.125. The van der Waals surface area contributed by atoms with Gasteiger partial charge < -0.3 is 26.7 Å². The van der Waals surface area contributed by atoms with Crippen molar-refractivity contribution in [2.24, 2.45) is 17.6 Å². The molecule has 5 amide bonds. The van der Waals surface area contributed by atoms with Crippen LogP contribution in [-0.2, 0) is 36.8 Å². The van der Waals surface area contributed by atoms with E-state index in [-0.39, 0.29) is 43.5 Å². The highest BCUT2D eigenvalue weighted by molar-refractivity contribution is 6.05. The Labute approximate surface area is 301 Å². The molecule has 2 aromatic carbocycles. The predicted octanol–water partition coefficient (Wildman–Crippen LogP) is 2.96. The second-order valence-electron chi connectivity index (χ2n) is 14.0. The van der Waals surface area contributed by atoms with Gasteiger partial charge in [0.05, 0.1) is 12.6 Å². The van der Waals surface area contributed by atoms with Crippen molar-refractivity contribution in [3.05, 3.63) is 71.9 Å². The topological polar surface area (TPSA) is 179 Å². The maximum atomic E-state index is 14.5. The summed E-state index contributed by atoms with van der Waals surface area (Å²) in [4.78, 5) is 74.7. The van der Waals surface area contributed by atoms with Gasteiger partial charge in [-0.2, -0.15) is 0 Å². The van der Waals surface area contributed by atoms with Gasteiger partial charge in [-0.05, 0) is 61.3 Å². The van der Waals surface area contributed by atoms with Crippen molar-refractivity contribution in [1.82, 2.24) is 31.2 Å². The molecule has 0 bridgehead atoms. The van der Waals surface area contributed by atoms with Gasteiger partial charge in [0.2, 0.25) is 23.6 Å². The minimum Gasteiger partial charge on any atom is -0.361 e. The van der Waals surface area contributed by atoms with Crippen LogP contribution in [0.4, 0.5) is 0 Å². The quantitative estimate of drug-likeness (QED) is 0.0926. The first-order valence-corrected chi connectivity index (χ1v) is 18.3. The monoisotopic (exact) mass is 701 g/mol. The fourth-order valence-electron chi connectivity index (χ4n) is 6.46. The Kier molecular flexibility index (Phi) is 14.7. The second kappa shape index (κ2) is 19.2. The number of nitrogens with two attached hydrogens (primary N) is 1. The molecule has 0 radical (unpaired) electrons. The lowest BCUT2D eigenvalue weighted by Crippen LogP contribution is -2.60. The third-order valence-electron chi connectivity index (χ3n) is 9.67. The number of carbonyl (C=O) groups is 5. The highest BCUT2D eigenvalue weighted by Crippen LogP contribution is 2.21. The van der Waals surface area contributed by atoms with Crippen LogP contribution in [0, 0.1) is 11.8 Å². The number of rotatable bonds is 17. The number of aromatic amines is 1. The maximum absolute atomic E-state index is 14.5. The lowest BCUT2D eigenvalue weighted by molar-refractivity contribution is -0.153. The molecular formula is C39H55N7O5. The van der Waals surface area contributed by atoms with Gasteiger partial charge in [-0.15, -0.1) is 0 Å². The summed E-state index contributed by atoms with van der Waals surface area (Å²) in [5, 5.41) is 12.8. The van der Waals surface area contributed by atoms with Gasteiger partial charge in [-0.25, -0.2) is 0 Å². The summed E-state index contributed by atoms with van der Waals surface area (Å²) in [5.74, 6) is -2.42. The first-order chi connectivity index (χ1) is 24.5. The van der Waals surface area contributed by atoms with Gasteiger partial charge >= 0.3 is 0 Å². The van der Waals surface area contributed by atoms with Crippen molar-refractivity contribution in [2.75, 3.05) is 19.6 Å². The standard InChI is InChI=1S/C39H55N7O5/c1-5-26(4)35-38(50)45-32(21-27-13-7-6-8-14-27)39(51)46(34(47)24-43-35)33(17-11-12-19-40)37(49)44-31(36(48)41-20-18-25(2)3)22-28-23-42-30-16-10-9-15-29(28)30/h6-10,13-16,23,25-26,31-33,35,42-43H,5,11-12,17-22,24,40H2,1-4H3,(H,41,48)(H,44,49)(H,45,50)/t26-,31-,32-,33-,35-/m0/s1. The van der Waals surface area contributed by atoms with Crippen LogP contribution in [0.1, 0.15) is 70.9 Å². The van der Waals surface area contributed by atoms with Crippen LogP contribution >= 0.6 is 0 Å². The number of nitrogens with one attached hydrogen (secondary N) is 5. The van der Waals surface area contributed by atoms with Crippen LogP contribution in [0.15, 0.2) is 60.8 Å². The summed E-state index contributed by atoms with van der Waals surface area (Å²) in [5.41, 5.74) is 8.35. The van der Waals surface area contributed by atoms with Crippen LogP contribution in [0.25, 0.3) is 10.9 Å². The number of carbonyl (C=O) groups excluding carboxylic acids is 5. The number of benzene rings is 2. The van der Waals surface area contributed by atoms with Crippen LogP contribution in [-0.4, -0.2) is 83.2 Å². The highest BCUT2D eigenvalue weighted by atomic mass is 16.2. The van der Waals surface area contributed by atoms with Crippen molar-refractivity contribution in [3.8, 4) is 0 Å².